The third-order valence-corrected chi connectivity index (χ3v) is 4.99. The van der Waals surface area contributed by atoms with Crippen LogP contribution in [0.25, 0.3) is 0 Å². The molecule has 1 aromatic carbocycles. The summed E-state index contributed by atoms with van der Waals surface area (Å²) in [7, 11) is 0. The normalized spacial score (nSPS) is 14.9. The number of carbonyl (C=O) groups excluding carboxylic acids is 1. The maximum Gasteiger partial charge on any atom is 0.490 e. The number of aliphatic carboxylic acids is 1. The number of benzene rings is 1. The third-order valence-electron chi connectivity index (χ3n) is 4.99. The Morgan fingerprint density at radius 1 is 1.14 bits per heavy atom. The Morgan fingerprint density at radius 2 is 1.83 bits per heavy atom. The molecule has 1 aliphatic rings. The van der Waals surface area contributed by atoms with Crippen LogP contribution in [0.4, 0.5) is 13.2 Å². The van der Waals surface area contributed by atoms with Crippen molar-refractivity contribution in [3.05, 3.63) is 88.1 Å². The molecule has 3 aromatic rings. The molecular formula is C23H23F3N4O5. The zero-order valence-electron chi connectivity index (χ0n) is 18.4. The minimum absolute atomic E-state index is 0.0122. The Bertz CT molecular complexity index is 1210. The number of ether oxygens (including phenoxy) is 1. The number of rotatable bonds is 6. The third kappa shape index (κ3) is 7.54. The topological polar surface area (TPSA) is 115 Å². The molecule has 0 fully saturated rings. The SMILES string of the molecule is O=C(Cn1ccccc1=O)NCC1OCCc2cn(Cc3ccccc3)nc21.O=C(O)C(F)(F)F. The van der Waals surface area contributed by atoms with Gasteiger partial charge in [0.15, 0.2) is 0 Å². The van der Waals surface area contributed by atoms with E-state index in [1.165, 1.54) is 16.2 Å². The number of aromatic nitrogens is 3. The van der Waals surface area contributed by atoms with Crippen LogP contribution in [0, 0.1) is 0 Å². The lowest BCUT2D eigenvalue weighted by atomic mass is 10.1. The van der Waals surface area contributed by atoms with E-state index in [4.69, 9.17) is 14.6 Å². The molecule has 35 heavy (non-hydrogen) atoms. The van der Waals surface area contributed by atoms with E-state index in [9.17, 15) is 22.8 Å². The lowest BCUT2D eigenvalue weighted by Gasteiger charge is -2.22. The average molecular weight is 492 g/mol. The van der Waals surface area contributed by atoms with Crippen molar-refractivity contribution in [3.8, 4) is 0 Å². The molecule has 1 atom stereocenters. The van der Waals surface area contributed by atoms with Crippen LogP contribution >= 0.6 is 0 Å². The maximum atomic E-state index is 12.2. The second-order valence-corrected chi connectivity index (χ2v) is 7.61. The number of carboxylic acids is 1. The summed E-state index contributed by atoms with van der Waals surface area (Å²) in [6, 6.07) is 15.0. The predicted octanol–water partition coefficient (Wildman–Crippen LogP) is 2.16. The van der Waals surface area contributed by atoms with E-state index in [1.54, 1.807) is 18.3 Å². The average Bonchev–Trinajstić information content (AvgIpc) is 3.22. The lowest BCUT2D eigenvalue weighted by Crippen LogP contribution is -2.35. The highest BCUT2D eigenvalue weighted by atomic mass is 19.4. The zero-order chi connectivity index (χ0) is 25.4. The standard InChI is InChI=1S/C21H22N4O3.C2HF3O2/c26-19(15-24-10-5-4-8-20(24)27)22-12-18-21-17(9-11-28-18)14-25(23-21)13-16-6-2-1-3-7-16;3-2(4,5)1(6)7/h1-8,10,14,18H,9,11-13,15H2,(H,22,26);(H,6,7). The molecule has 0 saturated carbocycles. The van der Waals surface area contributed by atoms with Gasteiger partial charge in [0.1, 0.15) is 12.6 Å². The van der Waals surface area contributed by atoms with Gasteiger partial charge in [-0.15, -0.1) is 0 Å². The van der Waals surface area contributed by atoms with E-state index in [0.29, 0.717) is 19.7 Å². The Labute approximate surface area is 197 Å². The summed E-state index contributed by atoms with van der Waals surface area (Å²) in [5.41, 5.74) is 3.01. The molecule has 1 amide bonds. The first-order chi connectivity index (χ1) is 16.6. The highest BCUT2D eigenvalue weighted by Gasteiger charge is 2.38. The van der Waals surface area contributed by atoms with Gasteiger partial charge in [0, 0.05) is 25.0 Å². The number of hydrogen-bond acceptors (Lipinski definition) is 5. The number of fused-ring (bicyclic) bond motifs is 1. The highest BCUT2D eigenvalue weighted by Crippen LogP contribution is 2.25. The molecule has 4 rings (SSSR count). The van der Waals surface area contributed by atoms with Gasteiger partial charge in [0.05, 0.1) is 18.8 Å². The molecule has 3 heterocycles. The van der Waals surface area contributed by atoms with Gasteiger partial charge in [-0.1, -0.05) is 36.4 Å². The van der Waals surface area contributed by atoms with Crippen molar-refractivity contribution in [1.82, 2.24) is 19.7 Å². The summed E-state index contributed by atoms with van der Waals surface area (Å²) < 4.78 is 40.9. The fourth-order valence-electron chi connectivity index (χ4n) is 3.35. The molecule has 1 unspecified atom stereocenters. The molecule has 9 nitrogen and oxygen atoms in total. The largest absolute Gasteiger partial charge is 0.490 e. The molecule has 12 heteroatoms. The van der Waals surface area contributed by atoms with Gasteiger partial charge in [0.25, 0.3) is 5.56 Å². The van der Waals surface area contributed by atoms with Crippen molar-refractivity contribution in [1.29, 1.82) is 0 Å². The van der Waals surface area contributed by atoms with Gasteiger partial charge in [-0.3, -0.25) is 14.3 Å². The zero-order valence-corrected chi connectivity index (χ0v) is 18.4. The van der Waals surface area contributed by atoms with Crippen LogP contribution < -0.4 is 10.9 Å². The maximum absolute atomic E-state index is 12.2. The Hall–Kier alpha value is -3.93. The molecule has 0 radical (unpaired) electrons. The van der Waals surface area contributed by atoms with Crippen molar-refractivity contribution >= 4 is 11.9 Å². The summed E-state index contributed by atoms with van der Waals surface area (Å²) in [5, 5.41) is 14.7. The van der Waals surface area contributed by atoms with Crippen LogP contribution in [0.1, 0.15) is 22.9 Å². The number of pyridine rings is 1. The smallest absolute Gasteiger partial charge is 0.475 e. The van der Waals surface area contributed by atoms with Gasteiger partial charge < -0.3 is 19.7 Å². The molecule has 0 aliphatic carbocycles. The molecule has 0 spiro atoms. The predicted molar refractivity (Wildman–Crippen MR) is 118 cm³/mol. The number of halogens is 3. The minimum Gasteiger partial charge on any atom is -0.475 e. The van der Waals surface area contributed by atoms with Gasteiger partial charge in [-0.05, 0) is 23.6 Å². The van der Waals surface area contributed by atoms with E-state index in [1.807, 2.05) is 22.9 Å². The van der Waals surface area contributed by atoms with Gasteiger partial charge in [-0.2, -0.15) is 18.3 Å². The number of carboxylic acid groups (broad SMARTS) is 1. The molecule has 1 aliphatic heterocycles. The van der Waals surface area contributed by atoms with Crippen LogP contribution in [0.5, 0.6) is 0 Å². The first-order valence-corrected chi connectivity index (χ1v) is 10.6. The lowest BCUT2D eigenvalue weighted by molar-refractivity contribution is -0.192. The molecular weight excluding hydrogens is 469 g/mol. The van der Waals surface area contributed by atoms with Gasteiger partial charge >= 0.3 is 12.1 Å². The summed E-state index contributed by atoms with van der Waals surface area (Å²) in [6.45, 7) is 1.62. The minimum atomic E-state index is -5.08. The fraction of sp³-hybridized carbons (Fsp3) is 0.304. The molecule has 0 bridgehead atoms. The number of carbonyl (C=O) groups is 2. The van der Waals surface area contributed by atoms with Crippen LogP contribution in [0.15, 0.2) is 65.7 Å². The van der Waals surface area contributed by atoms with E-state index in [2.05, 4.69) is 28.7 Å². The van der Waals surface area contributed by atoms with E-state index >= 15 is 0 Å². The van der Waals surface area contributed by atoms with Gasteiger partial charge in [0.2, 0.25) is 5.91 Å². The first-order valence-electron chi connectivity index (χ1n) is 10.6. The number of nitrogens with zero attached hydrogens (tertiary/aromatic N) is 3. The summed E-state index contributed by atoms with van der Waals surface area (Å²) in [6.07, 6.45) is -0.892. The molecule has 2 N–H and O–H groups in total. The van der Waals surface area contributed by atoms with Gasteiger partial charge in [-0.25, -0.2) is 4.79 Å². The fourth-order valence-corrected chi connectivity index (χ4v) is 3.35. The second kappa shape index (κ2) is 11.5. The van der Waals surface area contributed by atoms with Crippen molar-refractivity contribution in [2.45, 2.75) is 31.8 Å². The molecule has 186 valence electrons. The van der Waals surface area contributed by atoms with Crippen LogP contribution in [0.3, 0.4) is 0 Å². The molecule has 2 aromatic heterocycles. The summed E-state index contributed by atoms with van der Waals surface area (Å²) in [5.74, 6) is -2.99. The summed E-state index contributed by atoms with van der Waals surface area (Å²) >= 11 is 0. The van der Waals surface area contributed by atoms with E-state index < -0.39 is 12.1 Å². The Morgan fingerprint density at radius 3 is 2.49 bits per heavy atom. The van der Waals surface area contributed by atoms with Crippen molar-refractivity contribution in [2.75, 3.05) is 13.2 Å². The first kappa shape index (κ1) is 25.7. The van der Waals surface area contributed by atoms with Crippen LogP contribution in [-0.2, 0) is 33.8 Å². The van der Waals surface area contributed by atoms with Crippen molar-refractivity contribution in [3.63, 3.8) is 0 Å². The Kier molecular flexibility index (Phi) is 8.42. The summed E-state index contributed by atoms with van der Waals surface area (Å²) in [4.78, 5) is 32.8. The highest BCUT2D eigenvalue weighted by molar-refractivity contribution is 5.75. The monoisotopic (exact) mass is 492 g/mol. The quantitative estimate of drug-likeness (QED) is 0.545. The van der Waals surface area contributed by atoms with Crippen molar-refractivity contribution < 1.29 is 32.6 Å². The number of nitrogens with one attached hydrogen (secondary N) is 1. The van der Waals surface area contributed by atoms with Crippen LogP contribution in [-0.4, -0.2) is 50.7 Å². The van der Waals surface area contributed by atoms with Crippen LogP contribution in [0.2, 0.25) is 0 Å². The van der Waals surface area contributed by atoms with Crippen molar-refractivity contribution in [2.24, 2.45) is 0 Å². The molecule has 0 saturated heterocycles. The van der Waals surface area contributed by atoms with E-state index in [-0.39, 0.29) is 24.1 Å². The second-order valence-electron chi connectivity index (χ2n) is 7.61. The number of alkyl halides is 3. The number of hydrogen-bond donors (Lipinski definition) is 2. The number of amides is 1. The van der Waals surface area contributed by atoms with E-state index in [0.717, 1.165) is 17.7 Å². The Balaban J connectivity index is 0.000000429.